The van der Waals surface area contributed by atoms with E-state index in [0.29, 0.717) is 22.5 Å². The van der Waals surface area contributed by atoms with Crippen molar-refractivity contribution in [1.82, 2.24) is 9.96 Å². The van der Waals surface area contributed by atoms with E-state index in [9.17, 15) is 0 Å². The number of nitrogens with zero attached hydrogens (tertiary/aromatic N) is 2. The third-order valence-corrected chi connectivity index (χ3v) is 14.2. The molecule has 0 unspecified atom stereocenters. The normalized spacial score (nSPS) is 18.0. The van der Waals surface area contributed by atoms with Crippen LogP contribution in [0, 0.1) is 0 Å². The molecule has 4 rings (SSSR count). The summed E-state index contributed by atoms with van der Waals surface area (Å²) in [4.78, 5) is 8.05. The number of hydrogen-bond acceptors (Lipinski definition) is 4. The van der Waals surface area contributed by atoms with E-state index in [2.05, 4.69) is 98.9 Å². The van der Waals surface area contributed by atoms with E-state index in [0.717, 1.165) is 45.5 Å². The molecule has 0 radical (unpaired) electrons. The third-order valence-electron chi connectivity index (χ3n) is 7.40. The molecule has 0 amide bonds. The van der Waals surface area contributed by atoms with Gasteiger partial charge in [-0.1, -0.05) is 65.8 Å². The summed E-state index contributed by atoms with van der Waals surface area (Å²) in [6.45, 7) is 14.0. The molecule has 0 saturated heterocycles. The van der Waals surface area contributed by atoms with Crippen LogP contribution in [0.5, 0.6) is 0 Å². The lowest BCUT2D eigenvalue weighted by Gasteiger charge is -2.44. The maximum Gasteiger partial charge on any atom is 0.258 e. The quantitative estimate of drug-likeness (QED) is 0.261. The Kier molecular flexibility index (Phi) is 7.44. The lowest BCUT2D eigenvalue weighted by Crippen LogP contribution is -2.48. The van der Waals surface area contributed by atoms with Gasteiger partial charge in [0.05, 0.1) is 24.8 Å². The number of benzene rings is 1. The van der Waals surface area contributed by atoms with Crippen LogP contribution < -0.4 is 10.4 Å². The molecule has 184 valence electrons. The van der Waals surface area contributed by atoms with E-state index in [1.807, 2.05) is 5.06 Å². The van der Waals surface area contributed by atoms with Crippen LogP contribution in [0.4, 0.5) is 0 Å². The van der Waals surface area contributed by atoms with Gasteiger partial charge in [0.25, 0.3) is 8.32 Å². The maximum absolute atomic E-state index is 7.14. The molecule has 0 spiro atoms. The van der Waals surface area contributed by atoms with Crippen LogP contribution in [-0.2, 0) is 9.26 Å². The molecule has 0 aromatic heterocycles. The van der Waals surface area contributed by atoms with Crippen LogP contribution in [0.3, 0.4) is 0 Å². The van der Waals surface area contributed by atoms with Crippen molar-refractivity contribution in [2.45, 2.75) is 71.0 Å². The number of halogens is 2. The summed E-state index contributed by atoms with van der Waals surface area (Å²) in [6, 6.07) is 8.59. The van der Waals surface area contributed by atoms with Gasteiger partial charge >= 0.3 is 0 Å². The van der Waals surface area contributed by atoms with Gasteiger partial charge < -0.3 is 4.43 Å². The number of alkyl halides is 1. The molecule has 3 aliphatic rings. The molecule has 0 bridgehead atoms. The zero-order valence-electron chi connectivity index (χ0n) is 21.3. The molecular weight excluding hydrogens is 528 g/mol. The molecule has 1 aliphatic carbocycles. The van der Waals surface area contributed by atoms with Gasteiger partial charge in [0.2, 0.25) is 0 Å². The Morgan fingerprint density at radius 2 is 1.65 bits per heavy atom. The minimum atomic E-state index is -2.06. The highest BCUT2D eigenvalue weighted by molar-refractivity contribution is 9.11. The summed E-state index contributed by atoms with van der Waals surface area (Å²) in [5.41, 5.74) is 5.12. The van der Waals surface area contributed by atoms with Gasteiger partial charge in [0, 0.05) is 34.1 Å². The zero-order chi connectivity index (χ0) is 24.8. The Balaban J connectivity index is 1.92. The van der Waals surface area contributed by atoms with Crippen LogP contribution in [0.25, 0.3) is 11.4 Å². The standard InChI is InChI=1S/C27H36BrClN2O2Si/c1-17(2)34(18(3)4,19(5)6)33-21-14-24-22-10-8-9-11-23(22)27-30(32-7)16-20(12-13-29)31(27)26(24)25(28)15-21/h8-11,15-19H,12-14H2,1-7H3. The summed E-state index contributed by atoms with van der Waals surface area (Å²) in [5, 5.41) is 4.24. The van der Waals surface area contributed by atoms with Gasteiger partial charge in [-0.05, 0) is 49.4 Å². The lowest BCUT2D eigenvalue weighted by molar-refractivity contribution is -0.0365. The topological polar surface area (TPSA) is 24.9 Å². The Morgan fingerprint density at radius 3 is 2.21 bits per heavy atom. The Labute approximate surface area is 218 Å². The van der Waals surface area contributed by atoms with Crippen molar-refractivity contribution in [3.63, 3.8) is 0 Å². The Morgan fingerprint density at radius 1 is 1.03 bits per heavy atom. The highest BCUT2D eigenvalue weighted by Gasteiger charge is 2.48. The van der Waals surface area contributed by atoms with Crippen molar-refractivity contribution >= 4 is 47.2 Å². The fraction of sp³-hybridized carbons (Fsp3) is 0.481. The fourth-order valence-corrected chi connectivity index (χ4v) is 12.3. The summed E-state index contributed by atoms with van der Waals surface area (Å²) in [6.07, 6.45) is 5.77. The predicted molar refractivity (Wildman–Crippen MR) is 147 cm³/mol. The van der Waals surface area contributed by atoms with Gasteiger partial charge in [-0.3, -0.25) is 9.74 Å². The Bertz CT molecular complexity index is 1160. The molecule has 7 heteroatoms. The van der Waals surface area contributed by atoms with Gasteiger partial charge in [-0.15, -0.1) is 11.6 Å². The molecule has 0 fully saturated rings. The number of fused-ring (bicyclic) bond motifs is 4. The minimum absolute atomic E-state index is 0.522. The van der Waals surface area contributed by atoms with Crippen LogP contribution in [0.15, 0.2) is 58.2 Å². The second kappa shape index (κ2) is 9.88. The minimum Gasteiger partial charge on any atom is -0.545 e. The van der Waals surface area contributed by atoms with Crippen LogP contribution >= 0.6 is 27.5 Å². The average Bonchev–Trinajstić information content (AvgIpc) is 3.15. The van der Waals surface area contributed by atoms with Gasteiger partial charge in [0.15, 0.2) is 5.82 Å². The van der Waals surface area contributed by atoms with E-state index >= 15 is 0 Å². The smallest absolute Gasteiger partial charge is 0.258 e. The molecule has 0 saturated carbocycles. The fourth-order valence-electron chi connectivity index (χ4n) is 6.10. The molecule has 2 heterocycles. The first-order valence-corrected chi connectivity index (χ1v) is 15.7. The predicted octanol–water partition coefficient (Wildman–Crippen LogP) is 6.65. The van der Waals surface area contributed by atoms with E-state index in [1.54, 1.807) is 7.11 Å². The second-order valence-electron chi connectivity index (χ2n) is 10.2. The molecule has 1 aromatic carbocycles. The highest BCUT2D eigenvalue weighted by atomic mass is 79.9. The van der Waals surface area contributed by atoms with Crippen molar-refractivity contribution in [2.75, 3.05) is 13.0 Å². The summed E-state index contributed by atoms with van der Waals surface area (Å²) >= 11 is 10.1. The number of rotatable bonds is 8. The zero-order valence-corrected chi connectivity index (χ0v) is 24.6. The summed E-state index contributed by atoms with van der Waals surface area (Å²) in [5.74, 6) is 2.63. The molecule has 0 atom stereocenters. The van der Waals surface area contributed by atoms with Crippen molar-refractivity contribution in [3.05, 3.63) is 68.6 Å². The molecule has 1 aromatic rings. The van der Waals surface area contributed by atoms with Crippen LogP contribution in [0.2, 0.25) is 16.6 Å². The number of allylic oxidation sites excluding steroid dienone is 5. The monoisotopic (exact) mass is 562 g/mol. The summed E-state index contributed by atoms with van der Waals surface area (Å²) < 4.78 is 8.18. The second-order valence-corrected chi connectivity index (χ2v) is 16.8. The molecule has 34 heavy (non-hydrogen) atoms. The first-order chi connectivity index (χ1) is 16.2. The van der Waals surface area contributed by atoms with Gasteiger partial charge in [0.1, 0.15) is 0 Å². The SMILES string of the molecule is CON1C=C(CCCl)N2C3=C(Br)C=C(O[Si](C(C)C)(C(C)C)C(C)C)CC3=c3ccccc3=C12. The maximum atomic E-state index is 7.14. The highest BCUT2D eigenvalue weighted by Crippen LogP contribution is 2.48. The molecular formula is C27H36BrClN2O2Si. The van der Waals surface area contributed by atoms with E-state index in [1.165, 1.54) is 10.8 Å². The summed E-state index contributed by atoms with van der Waals surface area (Å²) in [7, 11) is -0.357. The van der Waals surface area contributed by atoms with Crippen molar-refractivity contribution in [3.8, 4) is 0 Å². The number of hydrogen-bond donors (Lipinski definition) is 0. The third kappa shape index (κ3) is 4.00. The first kappa shape index (κ1) is 25.6. The van der Waals surface area contributed by atoms with Crippen molar-refractivity contribution < 1.29 is 9.26 Å². The Hall–Kier alpha value is -1.47. The van der Waals surface area contributed by atoms with E-state index in [-0.39, 0.29) is 0 Å². The molecule has 2 aliphatic heterocycles. The molecule has 0 N–H and O–H groups in total. The van der Waals surface area contributed by atoms with Crippen LogP contribution in [-0.4, -0.2) is 31.3 Å². The van der Waals surface area contributed by atoms with E-state index in [4.69, 9.17) is 20.9 Å². The first-order valence-electron chi connectivity index (χ1n) is 12.2. The van der Waals surface area contributed by atoms with Gasteiger partial charge in [-0.2, -0.15) is 0 Å². The van der Waals surface area contributed by atoms with Crippen molar-refractivity contribution in [1.29, 1.82) is 0 Å². The van der Waals surface area contributed by atoms with E-state index < -0.39 is 8.32 Å². The average molecular weight is 564 g/mol. The largest absolute Gasteiger partial charge is 0.545 e. The molecule has 4 nitrogen and oxygen atoms in total. The number of hydroxylamine groups is 2. The van der Waals surface area contributed by atoms with Crippen molar-refractivity contribution in [2.24, 2.45) is 0 Å². The van der Waals surface area contributed by atoms with Crippen LogP contribution in [0.1, 0.15) is 54.4 Å². The lowest BCUT2D eigenvalue weighted by atomic mass is 9.94. The van der Waals surface area contributed by atoms with Gasteiger partial charge in [-0.25, -0.2) is 5.06 Å².